The number of nitrogens with zero attached hydrogens (tertiary/aromatic N) is 1. The fourth-order valence-electron chi connectivity index (χ4n) is 1.87. The lowest BCUT2D eigenvalue weighted by atomic mass is 10.1. The van der Waals surface area contributed by atoms with Gasteiger partial charge in [0.1, 0.15) is 6.61 Å². The summed E-state index contributed by atoms with van der Waals surface area (Å²) >= 11 is 0. The van der Waals surface area contributed by atoms with Crippen molar-refractivity contribution in [2.75, 3.05) is 14.2 Å². The molecule has 110 valence electrons. The van der Waals surface area contributed by atoms with E-state index in [-0.39, 0.29) is 0 Å². The number of aryl methyl sites for hydroxylation is 1. The Labute approximate surface area is 125 Å². The third-order valence-electron chi connectivity index (χ3n) is 3.05. The number of hydrogen-bond donors (Lipinski definition) is 1. The van der Waals surface area contributed by atoms with Gasteiger partial charge in [-0.1, -0.05) is 29.8 Å². The van der Waals surface area contributed by atoms with Gasteiger partial charge in [-0.05, 0) is 36.2 Å². The molecular formula is C17H20N2O2. The number of hydrazone groups is 1. The van der Waals surface area contributed by atoms with Gasteiger partial charge in [0.05, 0.1) is 13.3 Å². The fourth-order valence-corrected chi connectivity index (χ4v) is 1.87. The monoisotopic (exact) mass is 284 g/mol. The number of hydrogen-bond acceptors (Lipinski definition) is 4. The molecule has 2 rings (SSSR count). The molecule has 4 nitrogen and oxygen atoms in total. The van der Waals surface area contributed by atoms with Gasteiger partial charge in [-0.25, -0.2) is 0 Å². The Morgan fingerprint density at radius 3 is 2.52 bits per heavy atom. The van der Waals surface area contributed by atoms with Crippen molar-refractivity contribution in [1.82, 2.24) is 5.43 Å². The van der Waals surface area contributed by atoms with Crippen molar-refractivity contribution in [2.24, 2.45) is 5.10 Å². The lowest BCUT2D eigenvalue weighted by Crippen LogP contribution is -1.99. The van der Waals surface area contributed by atoms with Gasteiger partial charge in [-0.2, -0.15) is 5.10 Å². The molecule has 0 unspecified atom stereocenters. The summed E-state index contributed by atoms with van der Waals surface area (Å²) in [6.07, 6.45) is 1.73. The van der Waals surface area contributed by atoms with Gasteiger partial charge in [0, 0.05) is 7.05 Å². The van der Waals surface area contributed by atoms with E-state index in [9.17, 15) is 0 Å². The van der Waals surface area contributed by atoms with Crippen LogP contribution in [0.25, 0.3) is 0 Å². The van der Waals surface area contributed by atoms with E-state index in [1.807, 2.05) is 18.2 Å². The third-order valence-corrected chi connectivity index (χ3v) is 3.05. The van der Waals surface area contributed by atoms with Crippen LogP contribution in [0.5, 0.6) is 11.5 Å². The van der Waals surface area contributed by atoms with Crippen LogP contribution in [-0.4, -0.2) is 20.4 Å². The smallest absolute Gasteiger partial charge is 0.162 e. The zero-order valence-corrected chi connectivity index (χ0v) is 12.6. The Balaban J connectivity index is 2.13. The second kappa shape index (κ2) is 7.33. The molecule has 0 aliphatic rings. The van der Waals surface area contributed by atoms with Crippen molar-refractivity contribution in [3.63, 3.8) is 0 Å². The van der Waals surface area contributed by atoms with Crippen LogP contribution >= 0.6 is 0 Å². The summed E-state index contributed by atoms with van der Waals surface area (Å²) in [6.45, 7) is 2.57. The van der Waals surface area contributed by atoms with Gasteiger partial charge in [-0.3, -0.25) is 0 Å². The first-order valence-corrected chi connectivity index (χ1v) is 6.79. The molecule has 0 saturated carbocycles. The highest BCUT2D eigenvalue weighted by atomic mass is 16.5. The first-order chi connectivity index (χ1) is 10.2. The van der Waals surface area contributed by atoms with Gasteiger partial charge < -0.3 is 14.9 Å². The van der Waals surface area contributed by atoms with Gasteiger partial charge in [0.25, 0.3) is 0 Å². The van der Waals surface area contributed by atoms with Gasteiger partial charge in [0.15, 0.2) is 11.5 Å². The summed E-state index contributed by atoms with van der Waals surface area (Å²) in [6, 6.07) is 14.0. The maximum Gasteiger partial charge on any atom is 0.162 e. The normalized spacial score (nSPS) is 10.6. The number of methoxy groups -OCH3 is 1. The standard InChI is InChI=1S/C17H20N2O2/c1-13-4-6-14(7-5-13)12-21-17-10-15(11-19-18-2)8-9-16(17)20-3/h4-11,18H,12H2,1-3H3/b19-11+. The van der Waals surface area contributed by atoms with E-state index >= 15 is 0 Å². The Bertz CT molecular complexity index is 607. The molecule has 2 aromatic carbocycles. The van der Waals surface area contributed by atoms with Crippen LogP contribution in [0.15, 0.2) is 47.6 Å². The van der Waals surface area contributed by atoms with Crippen LogP contribution in [0.3, 0.4) is 0 Å². The molecule has 0 spiro atoms. The van der Waals surface area contributed by atoms with Crippen LogP contribution in [0.1, 0.15) is 16.7 Å². The zero-order valence-electron chi connectivity index (χ0n) is 12.6. The summed E-state index contributed by atoms with van der Waals surface area (Å²) in [7, 11) is 3.39. The van der Waals surface area contributed by atoms with Gasteiger partial charge >= 0.3 is 0 Å². The molecule has 0 aromatic heterocycles. The molecule has 21 heavy (non-hydrogen) atoms. The first kappa shape index (κ1) is 14.9. The van der Waals surface area contributed by atoms with Crippen molar-refractivity contribution in [3.05, 3.63) is 59.2 Å². The quantitative estimate of drug-likeness (QED) is 0.654. The molecule has 4 heteroatoms. The Morgan fingerprint density at radius 2 is 1.86 bits per heavy atom. The molecule has 0 amide bonds. The van der Waals surface area contributed by atoms with E-state index in [4.69, 9.17) is 9.47 Å². The van der Waals surface area contributed by atoms with E-state index in [1.54, 1.807) is 20.4 Å². The molecular weight excluding hydrogens is 264 g/mol. The molecule has 1 N–H and O–H groups in total. The topological polar surface area (TPSA) is 42.9 Å². The average Bonchev–Trinajstić information content (AvgIpc) is 2.52. The predicted molar refractivity (Wildman–Crippen MR) is 85.2 cm³/mol. The Kier molecular flexibility index (Phi) is 5.21. The highest BCUT2D eigenvalue weighted by Crippen LogP contribution is 2.28. The summed E-state index contributed by atoms with van der Waals surface area (Å²) in [5.74, 6) is 1.42. The number of ether oxygens (including phenoxy) is 2. The van der Waals surface area contributed by atoms with Crippen LogP contribution in [0.4, 0.5) is 0 Å². The molecule has 0 atom stereocenters. The second-order valence-electron chi connectivity index (χ2n) is 4.67. The second-order valence-corrected chi connectivity index (χ2v) is 4.67. The lowest BCUT2D eigenvalue weighted by molar-refractivity contribution is 0.284. The largest absolute Gasteiger partial charge is 0.493 e. The summed E-state index contributed by atoms with van der Waals surface area (Å²) < 4.78 is 11.2. The molecule has 0 aliphatic carbocycles. The SMILES string of the molecule is CN/N=C/c1ccc(OC)c(OCc2ccc(C)cc2)c1. The van der Waals surface area contributed by atoms with Gasteiger partial charge in [-0.15, -0.1) is 0 Å². The summed E-state index contributed by atoms with van der Waals surface area (Å²) in [4.78, 5) is 0. The minimum absolute atomic E-state index is 0.503. The fraction of sp³-hybridized carbons (Fsp3) is 0.235. The summed E-state index contributed by atoms with van der Waals surface area (Å²) in [5, 5.41) is 4.00. The Morgan fingerprint density at radius 1 is 1.10 bits per heavy atom. The van der Waals surface area contributed by atoms with Crippen LogP contribution in [0, 0.1) is 6.92 Å². The maximum atomic E-state index is 5.87. The van der Waals surface area contributed by atoms with E-state index in [2.05, 4.69) is 41.7 Å². The van der Waals surface area contributed by atoms with Gasteiger partial charge in [0.2, 0.25) is 0 Å². The van der Waals surface area contributed by atoms with E-state index in [1.165, 1.54) is 5.56 Å². The molecule has 0 fully saturated rings. The van der Waals surface area contributed by atoms with Crippen molar-refractivity contribution in [1.29, 1.82) is 0 Å². The Hall–Kier alpha value is -2.49. The van der Waals surface area contributed by atoms with Crippen molar-refractivity contribution >= 4 is 6.21 Å². The number of rotatable bonds is 6. The highest BCUT2D eigenvalue weighted by molar-refractivity contribution is 5.80. The number of nitrogens with one attached hydrogen (secondary N) is 1. The molecule has 0 aliphatic heterocycles. The molecule has 0 bridgehead atoms. The molecule has 2 aromatic rings. The highest BCUT2D eigenvalue weighted by Gasteiger charge is 2.05. The van der Waals surface area contributed by atoms with E-state index in [0.717, 1.165) is 11.1 Å². The molecule has 0 saturated heterocycles. The van der Waals surface area contributed by atoms with Crippen LogP contribution in [-0.2, 0) is 6.61 Å². The summed E-state index contributed by atoms with van der Waals surface area (Å²) in [5.41, 5.74) is 6.03. The maximum absolute atomic E-state index is 5.87. The third kappa shape index (κ3) is 4.24. The predicted octanol–water partition coefficient (Wildman–Crippen LogP) is 3.14. The van der Waals surface area contributed by atoms with Crippen LogP contribution in [0.2, 0.25) is 0 Å². The molecule has 0 radical (unpaired) electrons. The average molecular weight is 284 g/mol. The minimum Gasteiger partial charge on any atom is -0.493 e. The van der Waals surface area contributed by atoms with E-state index in [0.29, 0.717) is 18.1 Å². The van der Waals surface area contributed by atoms with Crippen molar-refractivity contribution in [3.8, 4) is 11.5 Å². The molecule has 0 heterocycles. The zero-order chi connectivity index (χ0) is 15.1. The first-order valence-electron chi connectivity index (χ1n) is 6.79. The van der Waals surface area contributed by atoms with E-state index < -0.39 is 0 Å². The van der Waals surface area contributed by atoms with Crippen molar-refractivity contribution in [2.45, 2.75) is 13.5 Å². The number of benzene rings is 2. The lowest BCUT2D eigenvalue weighted by Gasteiger charge is -2.11. The van der Waals surface area contributed by atoms with Crippen molar-refractivity contribution < 1.29 is 9.47 Å². The minimum atomic E-state index is 0.503. The van der Waals surface area contributed by atoms with Crippen LogP contribution < -0.4 is 14.9 Å².